The molecule has 0 aliphatic carbocycles. The van der Waals surface area contributed by atoms with Crippen LogP contribution in [0.2, 0.25) is 0 Å². The maximum atomic E-state index is 13.6. The second-order valence-electron chi connectivity index (χ2n) is 8.50. The summed E-state index contributed by atoms with van der Waals surface area (Å²) in [5.74, 6) is -0.673. The van der Waals surface area contributed by atoms with Crippen molar-refractivity contribution in [2.45, 2.75) is 59.2 Å². The van der Waals surface area contributed by atoms with Crippen molar-refractivity contribution >= 4 is 50.1 Å². The fourth-order valence-electron chi connectivity index (χ4n) is 3.47. The summed E-state index contributed by atoms with van der Waals surface area (Å²) >= 11 is 2.14. The Kier molecular flexibility index (Phi) is 10.4. The van der Waals surface area contributed by atoms with Crippen LogP contribution in [-0.2, 0) is 26.2 Å². The number of nitrogens with zero attached hydrogens (tertiary/aromatic N) is 2. The number of aryl methyl sites for hydroxylation is 1. The minimum absolute atomic E-state index is 0.0304. The number of carbonyl (C=O) groups is 2. The van der Waals surface area contributed by atoms with E-state index >= 15 is 0 Å². The monoisotopic (exact) mass is 599 g/mol. The topological polar surface area (TPSA) is 86.8 Å². The minimum Gasteiger partial charge on any atom is -0.352 e. The molecule has 2 aromatic rings. The lowest BCUT2D eigenvalue weighted by molar-refractivity contribution is -0.140. The van der Waals surface area contributed by atoms with Gasteiger partial charge in [0.15, 0.2) is 0 Å². The van der Waals surface area contributed by atoms with Crippen LogP contribution in [0.3, 0.4) is 0 Å². The molecular weight excluding hydrogens is 565 g/mol. The Morgan fingerprint density at radius 1 is 1.00 bits per heavy atom. The lowest BCUT2D eigenvalue weighted by Gasteiger charge is -2.33. The van der Waals surface area contributed by atoms with Gasteiger partial charge in [-0.1, -0.05) is 43.7 Å². The van der Waals surface area contributed by atoms with Crippen molar-refractivity contribution in [3.8, 4) is 0 Å². The van der Waals surface area contributed by atoms with E-state index in [4.69, 9.17) is 0 Å². The van der Waals surface area contributed by atoms with Gasteiger partial charge in [-0.3, -0.25) is 13.9 Å². The molecule has 0 aromatic heterocycles. The number of carbonyl (C=O) groups excluding carboxylic acids is 2. The van der Waals surface area contributed by atoms with Crippen LogP contribution in [0.5, 0.6) is 0 Å². The molecule has 0 aliphatic rings. The predicted molar refractivity (Wildman–Crippen MR) is 145 cm³/mol. The van der Waals surface area contributed by atoms with Crippen LogP contribution in [0.1, 0.15) is 44.7 Å². The Hall–Kier alpha value is -2.14. The summed E-state index contributed by atoms with van der Waals surface area (Å²) in [5.41, 5.74) is 2.36. The van der Waals surface area contributed by atoms with Crippen molar-refractivity contribution in [2.75, 3.05) is 17.1 Å². The average molecular weight is 600 g/mol. The molecule has 0 bridgehead atoms. The average Bonchev–Trinajstić information content (AvgIpc) is 2.78. The van der Waals surface area contributed by atoms with E-state index in [-0.39, 0.29) is 18.5 Å². The zero-order valence-corrected chi connectivity index (χ0v) is 23.4. The van der Waals surface area contributed by atoms with Crippen LogP contribution in [0.25, 0.3) is 0 Å². The van der Waals surface area contributed by atoms with E-state index in [0.29, 0.717) is 12.1 Å². The first-order valence-electron chi connectivity index (χ1n) is 11.3. The number of amides is 2. The largest absolute Gasteiger partial charge is 0.352 e. The first kappa shape index (κ1) is 28.1. The van der Waals surface area contributed by atoms with Crippen LogP contribution in [0.15, 0.2) is 48.5 Å². The molecule has 2 rings (SSSR count). The number of hydrogen-bond donors (Lipinski definition) is 1. The molecule has 0 spiro atoms. The van der Waals surface area contributed by atoms with E-state index in [1.807, 2.05) is 52.0 Å². The highest BCUT2D eigenvalue weighted by atomic mass is 127. The Morgan fingerprint density at radius 3 is 2.09 bits per heavy atom. The van der Waals surface area contributed by atoms with E-state index in [0.717, 1.165) is 31.7 Å². The molecule has 0 fully saturated rings. The maximum absolute atomic E-state index is 13.6. The van der Waals surface area contributed by atoms with Crippen LogP contribution >= 0.6 is 22.6 Å². The van der Waals surface area contributed by atoms with Gasteiger partial charge in [0, 0.05) is 16.2 Å². The van der Waals surface area contributed by atoms with E-state index in [1.165, 1.54) is 4.90 Å². The summed E-state index contributed by atoms with van der Waals surface area (Å²) in [6.45, 7) is 7.54. The second-order valence-corrected chi connectivity index (χ2v) is 11.6. The Labute approximate surface area is 217 Å². The SMILES string of the molecule is CC[C@@H](C)NC(=O)[C@H](CC)N(Cc1ccc(C)cc1)C(=O)CN(c1ccc(I)cc1)S(C)(=O)=O. The number of benzene rings is 2. The van der Waals surface area contributed by atoms with Crippen molar-refractivity contribution < 1.29 is 18.0 Å². The number of halogens is 1. The standard InChI is InChI=1S/C25H34IN3O4S/c1-6-19(4)27-25(31)23(7-2)28(16-20-10-8-18(3)9-11-20)24(30)17-29(34(5,32)33)22-14-12-21(26)13-15-22/h8-15,19,23H,6-7,16-17H2,1-5H3,(H,27,31)/t19-,23+/m1/s1. The van der Waals surface area contributed by atoms with Crippen LogP contribution < -0.4 is 9.62 Å². The van der Waals surface area contributed by atoms with Gasteiger partial charge >= 0.3 is 0 Å². The highest BCUT2D eigenvalue weighted by molar-refractivity contribution is 14.1. The molecule has 2 aromatic carbocycles. The fourth-order valence-corrected chi connectivity index (χ4v) is 4.68. The normalized spacial score (nSPS) is 13.1. The van der Waals surface area contributed by atoms with Gasteiger partial charge in [0.25, 0.3) is 0 Å². The molecule has 186 valence electrons. The van der Waals surface area contributed by atoms with Gasteiger partial charge in [0.05, 0.1) is 11.9 Å². The molecule has 7 nitrogen and oxygen atoms in total. The molecule has 2 amide bonds. The van der Waals surface area contributed by atoms with Gasteiger partial charge in [0.2, 0.25) is 21.8 Å². The van der Waals surface area contributed by atoms with Gasteiger partial charge in [-0.25, -0.2) is 8.42 Å². The predicted octanol–water partition coefficient (Wildman–Crippen LogP) is 4.09. The second kappa shape index (κ2) is 12.5. The van der Waals surface area contributed by atoms with Crippen molar-refractivity contribution in [2.24, 2.45) is 0 Å². The number of nitrogens with one attached hydrogen (secondary N) is 1. The van der Waals surface area contributed by atoms with Gasteiger partial charge in [-0.15, -0.1) is 0 Å². The minimum atomic E-state index is -3.73. The van der Waals surface area contributed by atoms with E-state index in [9.17, 15) is 18.0 Å². The van der Waals surface area contributed by atoms with Crippen LogP contribution in [0.4, 0.5) is 5.69 Å². The van der Waals surface area contributed by atoms with Crippen molar-refractivity contribution in [1.82, 2.24) is 10.2 Å². The van der Waals surface area contributed by atoms with Gasteiger partial charge < -0.3 is 10.2 Å². The van der Waals surface area contributed by atoms with Crippen molar-refractivity contribution in [3.63, 3.8) is 0 Å². The summed E-state index contributed by atoms with van der Waals surface area (Å²) in [7, 11) is -3.73. The summed E-state index contributed by atoms with van der Waals surface area (Å²) < 4.78 is 27.2. The first-order valence-corrected chi connectivity index (χ1v) is 14.3. The lowest BCUT2D eigenvalue weighted by atomic mass is 10.1. The highest BCUT2D eigenvalue weighted by Gasteiger charge is 2.32. The molecule has 0 aliphatic heterocycles. The highest BCUT2D eigenvalue weighted by Crippen LogP contribution is 2.21. The van der Waals surface area contributed by atoms with Crippen LogP contribution in [-0.4, -0.2) is 50.0 Å². The van der Waals surface area contributed by atoms with Gasteiger partial charge in [-0.05, 0) is 79.1 Å². The zero-order valence-electron chi connectivity index (χ0n) is 20.4. The molecule has 2 atom stereocenters. The Morgan fingerprint density at radius 2 is 1.59 bits per heavy atom. The molecule has 1 N–H and O–H groups in total. The summed E-state index contributed by atoms with van der Waals surface area (Å²) in [6, 6.07) is 13.9. The number of anilines is 1. The number of sulfonamides is 1. The maximum Gasteiger partial charge on any atom is 0.244 e. The quantitative estimate of drug-likeness (QED) is 0.395. The van der Waals surface area contributed by atoms with E-state index in [2.05, 4.69) is 27.9 Å². The molecule has 0 saturated carbocycles. The van der Waals surface area contributed by atoms with Crippen molar-refractivity contribution in [3.05, 3.63) is 63.2 Å². The Balaban J connectivity index is 2.41. The van der Waals surface area contributed by atoms with E-state index in [1.54, 1.807) is 24.3 Å². The molecule has 0 heterocycles. The molecule has 0 saturated heterocycles. The summed E-state index contributed by atoms with van der Waals surface area (Å²) in [4.78, 5) is 28.2. The zero-order chi connectivity index (χ0) is 25.5. The van der Waals surface area contributed by atoms with Gasteiger partial charge in [0.1, 0.15) is 12.6 Å². The lowest BCUT2D eigenvalue weighted by Crippen LogP contribution is -2.53. The molecule has 0 radical (unpaired) electrons. The Bertz CT molecular complexity index is 1070. The first-order chi connectivity index (χ1) is 16.0. The number of hydrogen-bond acceptors (Lipinski definition) is 4. The third-order valence-corrected chi connectivity index (χ3v) is 7.51. The van der Waals surface area contributed by atoms with Gasteiger partial charge in [-0.2, -0.15) is 0 Å². The van der Waals surface area contributed by atoms with Crippen LogP contribution in [0, 0.1) is 10.5 Å². The third kappa shape index (κ3) is 7.97. The molecular formula is C25H34IN3O4S. The summed E-state index contributed by atoms with van der Waals surface area (Å²) in [6.07, 6.45) is 2.25. The fraction of sp³-hybridized carbons (Fsp3) is 0.440. The van der Waals surface area contributed by atoms with E-state index < -0.39 is 28.5 Å². The van der Waals surface area contributed by atoms with Crippen molar-refractivity contribution in [1.29, 1.82) is 0 Å². The summed E-state index contributed by atoms with van der Waals surface area (Å²) in [5, 5.41) is 2.97. The molecule has 9 heteroatoms. The molecule has 34 heavy (non-hydrogen) atoms. The molecule has 0 unspecified atom stereocenters. The smallest absolute Gasteiger partial charge is 0.244 e. The third-order valence-electron chi connectivity index (χ3n) is 5.65. The number of rotatable bonds is 11.